The second kappa shape index (κ2) is 6.20. The van der Waals surface area contributed by atoms with E-state index in [0.717, 1.165) is 18.8 Å². The summed E-state index contributed by atoms with van der Waals surface area (Å²) in [6, 6.07) is 2.60. The van der Waals surface area contributed by atoms with E-state index in [1.54, 1.807) is 0 Å². The average molecular weight is 237 g/mol. The highest BCUT2D eigenvalue weighted by Gasteiger charge is 2.18. The van der Waals surface area contributed by atoms with Crippen LogP contribution in [-0.2, 0) is 0 Å². The lowest BCUT2D eigenvalue weighted by atomic mass is 10.0. The fourth-order valence-electron chi connectivity index (χ4n) is 2.11. The summed E-state index contributed by atoms with van der Waals surface area (Å²) in [6.07, 6.45) is 0. The molecule has 0 aliphatic heterocycles. The topological polar surface area (TPSA) is 29.9 Å². The molecule has 1 aromatic heterocycles. The second-order valence-electron chi connectivity index (χ2n) is 5.74. The molecular formula is C14H27N3. The molecule has 0 aliphatic carbocycles. The number of aryl methyl sites for hydroxylation is 2. The normalized spacial score (nSPS) is 13.6. The van der Waals surface area contributed by atoms with E-state index in [9.17, 15) is 0 Å². The molecule has 0 spiro atoms. The van der Waals surface area contributed by atoms with Crippen LogP contribution in [0, 0.1) is 25.7 Å². The van der Waals surface area contributed by atoms with Gasteiger partial charge in [0.15, 0.2) is 0 Å². The summed E-state index contributed by atoms with van der Waals surface area (Å²) in [4.78, 5) is 0. The Balaban J connectivity index is 2.69. The second-order valence-corrected chi connectivity index (χ2v) is 5.74. The van der Waals surface area contributed by atoms with Gasteiger partial charge in [-0.3, -0.25) is 4.68 Å². The van der Waals surface area contributed by atoms with Gasteiger partial charge in [-0.2, -0.15) is 5.10 Å². The first-order chi connectivity index (χ1) is 7.91. The van der Waals surface area contributed by atoms with E-state index in [0.29, 0.717) is 17.9 Å². The molecule has 1 heterocycles. The number of hydrogen-bond donors (Lipinski definition) is 1. The molecule has 0 fully saturated rings. The van der Waals surface area contributed by atoms with Crippen molar-refractivity contribution >= 4 is 0 Å². The Morgan fingerprint density at radius 3 is 2.24 bits per heavy atom. The van der Waals surface area contributed by atoms with Gasteiger partial charge in [0.25, 0.3) is 0 Å². The molecular weight excluding hydrogens is 210 g/mol. The molecule has 0 saturated heterocycles. The number of aromatic nitrogens is 2. The Hall–Kier alpha value is -0.830. The Morgan fingerprint density at radius 1 is 1.18 bits per heavy atom. The van der Waals surface area contributed by atoms with Crippen molar-refractivity contribution in [3.8, 4) is 0 Å². The van der Waals surface area contributed by atoms with Crippen molar-refractivity contribution in [3.05, 3.63) is 17.5 Å². The van der Waals surface area contributed by atoms with Gasteiger partial charge in [-0.25, -0.2) is 0 Å². The zero-order valence-corrected chi connectivity index (χ0v) is 12.1. The molecule has 0 amide bonds. The molecule has 98 valence electrons. The smallest absolute Gasteiger partial charge is 0.0669 e. The number of rotatable bonds is 6. The third kappa shape index (κ3) is 4.15. The fraction of sp³-hybridized carbons (Fsp3) is 0.786. The maximum atomic E-state index is 4.61. The first-order valence-electron chi connectivity index (χ1n) is 6.65. The Bertz CT molecular complexity index is 339. The highest BCUT2D eigenvalue weighted by molar-refractivity contribution is 5.08. The summed E-state index contributed by atoms with van der Waals surface area (Å²) in [5, 5.41) is 8.15. The average Bonchev–Trinajstić information content (AvgIpc) is 2.51. The van der Waals surface area contributed by atoms with Crippen molar-refractivity contribution in [2.75, 3.05) is 13.1 Å². The summed E-state index contributed by atoms with van der Waals surface area (Å²) in [7, 11) is 0. The van der Waals surface area contributed by atoms with E-state index in [-0.39, 0.29) is 0 Å². The van der Waals surface area contributed by atoms with Crippen LogP contribution in [0.25, 0.3) is 0 Å². The van der Waals surface area contributed by atoms with Crippen molar-refractivity contribution in [2.24, 2.45) is 11.8 Å². The lowest BCUT2D eigenvalue weighted by molar-refractivity contribution is 0.319. The fourth-order valence-corrected chi connectivity index (χ4v) is 2.11. The lowest BCUT2D eigenvalue weighted by Crippen LogP contribution is -2.32. The SMILES string of the molecule is Cc1cc(C)n(C(CNCC(C)C)C(C)C)n1. The van der Waals surface area contributed by atoms with Crippen molar-refractivity contribution < 1.29 is 0 Å². The zero-order chi connectivity index (χ0) is 13.0. The number of nitrogens with one attached hydrogen (secondary N) is 1. The predicted molar refractivity (Wildman–Crippen MR) is 73.3 cm³/mol. The van der Waals surface area contributed by atoms with Crippen LogP contribution in [0.3, 0.4) is 0 Å². The third-order valence-electron chi connectivity index (χ3n) is 3.03. The van der Waals surface area contributed by atoms with Crippen LogP contribution in [0.1, 0.15) is 45.1 Å². The van der Waals surface area contributed by atoms with Crippen molar-refractivity contribution in [1.29, 1.82) is 0 Å². The zero-order valence-electron chi connectivity index (χ0n) is 12.1. The van der Waals surface area contributed by atoms with Crippen LogP contribution in [0.15, 0.2) is 6.07 Å². The van der Waals surface area contributed by atoms with E-state index in [4.69, 9.17) is 0 Å². The highest BCUT2D eigenvalue weighted by atomic mass is 15.3. The molecule has 1 atom stereocenters. The van der Waals surface area contributed by atoms with E-state index < -0.39 is 0 Å². The molecule has 17 heavy (non-hydrogen) atoms. The van der Waals surface area contributed by atoms with Gasteiger partial charge in [0.05, 0.1) is 11.7 Å². The first kappa shape index (κ1) is 14.2. The molecule has 0 radical (unpaired) electrons. The molecule has 0 aliphatic rings. The maximum Gasteiger partial charge on any atom is 0.0669 e. The molecule has 1 aromatic rings. The molecule has 3 heteroatoms. The molecule has 0 saturated carbocycles. The standard InChI is InChI=1S/C14H27N3/c1-10(2)8-15-9-14(11(3)4)17-13(6)7-12(5)16-17/h7,10-11,14-15H,8-9H2,1-6H3. The van der Waals surface area contributed by atoms with Crippen molar-refractivity contribution in [1.82, 2.24) is 15.1 Å². The van der Waals surface area contributed by atoms with Crippen molar-refractivity contribution in [2.45, 2.75) is 47.6 Å². The summed E-state index contributed by atoms with van der Waals surface area (Å²) < 4.78 is 2.17. The van der Waals surface area contributed by atoms with Gasteiger partial charge in [0.1, 0.15) is 0 Å². The van der Waals surface area contributed by atoms with E-state index >= 15 is 0 Å². The Labute approximate surface area is 106 Å². The van der Waals surface area contributed by atoms with Crippen LogP contribution >= 0.6 is 0 Å². The minimum Gasteiger partial charge on any atom is -0.314 e. The Kier molecular flexibility index (Phi) is 5.19. The molecule has 1 rings (SSSR count). The maximum absolute atomic E-state index is 4.61. The van der Waals surface area contributed by atoms with Gasteiger partial charge in [0.2, 0.25) is 0 Å². The van der Waals surface area contributed by atoms with Crippen LogP contribution in [0.5, 0.6) is 0 Å². The molecule has 1 unspecified atom stereocenters. The Morgan fingerprint density at radius 2 is 1.82 bits per heavy atom. The quantitative estimate of drug-likeness (QED) is 0.824. The predicted octanol–water partition coefficient (Wildman–Crippen LogP) is 2.94. The van der Waals surface area contributed by atoms with Gasteiger partial charge in [0, 0.05) is 12.2 Å². The van der Waals surface area contributed by atoms with Gasteiger partial charge in [-0.1, -0.05) is 27.7 Å². The van der Waals surface area contributed by atoms with Gasteiger partial charge >= 0.3 is 0 Å². The minimum atomic E-state index is 0.447. The largest absolute Gasteiger partial charge is 0.314 e. The van der Waals surface area contributed by atoms with Crippen molar-refractivity contribution in [3.63, 3.8) is 0 Å². The minimum absolute atomic E-state index is 0.447. The summed E-state index contributed by atoms with van der Waals surface area (Å²) >= 11 is 0. The van der Waals surface area contributed by atoms with Gasteiger partial charge in [-0.15, -0.1) is 0 Å². The third-order valence-corrected chi connectivity index (χ3v) is 3.03. The number of hydrogen-bond acceptors (Lipinski definition) is 2. The first-order valence-corrected chi connectivity index (χ1v) is 6.65. The molecule has 0 bridgehead atoms. The van der Waals surface area contributed by atoms with E-state index in [1.165, 1.54) is 5.69 Å². The summed E-state index contributed by atoms with van der Waals surface area (Å²) in [6.45, 7) is 15.3. The van der Waals surface area contributed by atoms with Crippen LogP contribution in [-0.4, -0.2) is 22.9 Å². The van der Waals surface area contributed by atoms with Crippen LogP contribution in [0.4, 0.5) is 0 Å². The van der Waals surface area contributed by atoms with Crippen LogP contribution in [0.2, 0.25) is 0 Å². The number of nitrogens with zero attached hydrogens (tertiary/aromatic N) is 2. The highest BCUT2D eigenvalue weighted by Crippen LogP contribution is 2.19. The van der Waals surface area contributed by atoms with E-state index in [1.807, 2.05) is 0 Å². The molecule has 3 nitrogen and oxygen atoms in total. The van der Waals surface area contributed by atoms with E-state index in [2.05, 4.69) is 62.7 Å². The van der Waals surface area contributed by atoms with Gasteiger partial charge in [-0.05, 0) is 38.3 Å². The van der Waals surface area contributed by atoms with Crippen LogP contribution < -0.4 is 5.32 Å². The monoisotopic (exact) mass is 237 g/mol. The van der Waals surface area contributed by atoms with Gasteiger partial charge < -0.3 is 5.32 Å². The summed E-state index contributed by atoms with van der Waals surface area (Å²) in [5.74, 6) is 1.29. The molecule has 1 N–H and O–H groups in total. The molecule has 0 aromatic carbocycles. The summed E-state index contributed by atoms with van der Waals surface area (Å²) in [5.41, 5.74) is 2.37. The lowest BCUT2D eigenvalue weighted by Gasteiger charge is -2.24.